The Morgan fingerprint density at radius 3 is 2.30 bits per heavy atom. The third-order valence-corrected chi connectivity index (χ3v) is 3.20. The van der Waals surface area contributed by atoms with E-state index >= 15 is 0 Å². The maximum absolute atomic E-state index is 12.1. The highest BCUT2D eigenvalue weighted by Crippen LogP contribution is 2.16. The summed E-state index contributed by atoms with van der Waals surface area (Å²) in [6, 6.07) is 17.0. The van der Waals surface area contributed by atoms with E-state index in [2.05, 4.69) is 10.5 Å². The number of hydrogen-bond donors (Lipinski definition) is 1. The first-order valence-corrected chi connectivity index (χ1v) is 7.45. The highest BCUT2D eigenvalue weighted by molar-refractivity contribution is 6.43. The van der Waals surface area contributed by atoms with Crippen molar-refractivity contribution in [2.75, 3.05) is 31.0 Å². The number of benzene rings is 2. The van der Waals surface area contributed by atoms with Crippen molar-refractivity contribution in [2.45, 2.75) is 6.92 Å². The van der Waals surface area contributed by atoms with Gasteiger partial charge in [-0.15, -0.1) is 0 Å². The number of carbonyl (C=O) groups is 1. The van der Waals surface area contributed by atoms with E-state index in [1.54, 1.807) is 6.92 Å². The van der Waals surface area contributed by atoms with Crippen LogP contribution in [-0.2, 0) is 9.53 Å². The molecule has 0 amide bonds. The van der Waals surface area contributed by atoms with E-state index < -0.39 is 5.97 Å². The molecule has 1 N–H and O–H groups in total. The Labute approximate surface area is 136 Å². The van der Waals surface area contributed by atoms with E-state index in [0.717, 1.165) is 11.4 Å². The molecule has 0 saturated heterocycles. The lowest BCUT2D eigenvalue weighted by molar-refractivity contribution is -0.134. The van der Waals surface area contributed by atoms with Crippen LogP contribution in [0, 0.1) is 0 Å². The summed E-state index contributed by atoms with van der Waals surface area (Å²) in [5, 5.41) is 4.24. The lowest BCUT2D eigenvalue weighted by Crippen LogP contribution is -2.20. The summed E-state index contributed by atoms with van der Waals surface area (Å²) in [5.74, 6) is -0.448. The minimum Gasteiger partial charge on any atom is -0.461 e. The normalized spacial score (nSPS) is 11.0. The average molecular weight is 311 g/mol. The first kappa shape index (κ1) is 16.5. The fourth-order valence-electron chi connectivity index (χ4n) is 1.98. The van der Waals surface area contributed by atoms with Crippen molar-refractivity contribution >= 4 is 23.1 Å². The molecule has 120 valence electrons. The van der Waals surface area contributed by atoms with Crippen molar-refractivity contribution in [3.63, 3.8) is 0 Å². The minimum atomic E-state index is -0.448. The Morgan fingerprint density at radius 2 is 1.74 bits per heavy atom. The quantitative estimate of drug-likeness (QED) is 0.506. The van der Waals surface area contributed by atoms with E-state index in [-0.39, 0.29) is 5.71 Å². The second-order valence-corrected chi connectivity index (χ2v) is 5.10. The monoisotopic (exact) mass is 311 g/mol. The highest BCUT2D eigenvalue weighted by Gasteiger charge is 2.15. The van der Waals surface area contributed by atoms with E-state index in [0.29, 0.717) is 12.2 Å². The highest BCUT2D eigenvalue weighted by atomic mass is 16.5. The van der Waals surface area contributed by atoms with Crippen LogP contribution in [-0.4, -0.2) is 32.4 Å². The van der Waals surface area contributed by atoms with Gasteiger partial charge in [-0.05, 0) is 31.2 Å². The molecule has 0 atom stereocenters. The predicted octanol–water partition coefficient (Wildman–Crippen LogP) is 3.13. The average Bonchev–Trinajstić information content (AvgIpc) is 2.57. The lowest BCUT2D eigenvalue weighted by atomic mass is 10.1. The van der Waals surface area contributed by atoms with Crippen LogP contribution >= 0.6 is 0 Å². The van der Waals surface area contributed by atoms with Gasteiger partial charge in [-0.25, -0.2) is 4.79 Å². The molecular weight excluding hydrogens is 290 g/mol. The van der Waals surface area contributed by atoms with E-state index in [1.165, 1.54) is 0 Å². The molecule has 0 bridgehead atoms. The van der Waals surface area contributed by atoms with Gasteiger partial charge in [-0.2, -0.15) is 5.10 Å². The summed E-state index contributed by atoms with van der Waals surface area (Å²) in [6.07, 6.45) is 0. The Kier molecular flexibility index (Phi) is 5.74. The van der Waals surface area contributed by atoms with Crippen molar-refractivity contribution in [3.8, 4) is 0 Å². The largest absolute Gasteiger partial charge is 0.461 e. The van der Waals surface area contributed by atoms with Crippen molar-refractivity contribution in [3.05, 3.63) is 60.2 Å². The van der Waals surface area contributed by atoms with Crippen LogP contribution in [0.3, 0.4) is 0 Å². The summed E-state index contributed by atoms with van der Waals surface area (Å²) in [7, 11) is 3.96. The molecular formula is C18H21N3O2. The molecule has 0 aromatic heterocycles. The van der Waals surface area contributed by atoms with Crippen LogP contribution in [0.15, 0.2) is 59.7 Å². The fraction of sp³-hybridized carbons (Fsp3) is 0.222. The fourth-order valence-corrected chi connectivity index (χ4v) is 1.98. The molecule has 0 saturated carbocycles. The van der Waals surface area contributed by atoms with Gasteiger partial charge in [-0.3, -0.25) is 5.43 Å². The molecule has 0 radical (unpaired) electrons. The molecule has 0 spiro atoms. The zero-order valence-corrected chi connectivity index (χ0v) is 13.6. The zero-order valence-electron chi connectivity index (χ0n) is 13.6. The number of nitrogens with one attached hydrogen (secondary N) is 1. The van der Waals surface area contributed by atoms with Gasteiger partial charge in [0.2, 0.25) is 0 Å². The van der Waals surface area contributed by atoms with Crippen molar-refractivity contribution in [1.82, 2.24) is 0 Å². The van der Waals surface area contributed by atoms with Crippen LogP contribution in [0.25, 0.3) is 0 Å². The van der Waals surface area contributed by atoms with Gasteiger partial charge in [0.05, 0.1) is 12.3 Å². The number of carbonyl (C=O) groups excluding carboxylic acids is 1. The van der Waals surface area contributed by atoms with Gasteiger partial charge in [-0.1, -0.05) is 30.3 Å². The summed E-state index contributed by atoms with van der Waals surface area (Å²) < 4.78 is 5.08. The molecule has 0 aliphatic heterocycles. The van der Waals surface area contributed by atoms with Crippen molar-refractivity contribution < 1.29 is 9.53 Å². The predicted molar refractivity (Wildman–Crippen MR) is 94.0 cm³/mol. The Bertz CT molecular complexity index is 664. The number of hydrogen-bond acceptors (Lipinski definition) is 5. The maximum Gasteiger partial charge on any atom is 0.359 e. The van der Waals surface area contributed by atoms with Gasteiger partial charge < -0.3 is 9.64 Å². The van der Waals surface area contributed by atoms with Crippen LogP contribution in [0.1, 0.15) is 12.5 Å². The Morgan fingerprint density at radius 1 is 1.09 bits per heavy atom. The van der Waals surface area contributed by atoms with Gasteiger partial charge in [0.1, 0.15) is 0 Å². The zero-order chi connectivity index (χ0) is 16.7. The van der Waals surface area contributed by atoms with E-state index in [1.807, 2.05) is 73.6 Å². The van der Waals surface area contributed by atoms with Gasteiger partial charge in [0, 0.05) is 25.3 Å². The lowest BCUT2D eigenvalue weighted by Gasteiger charge is -2.12. The number of rotatable bonds is 6. The first-order chi connectivity index (χ1) is 11.1. The van der Waals surface area contributed by atoms with Crippen LogP contribution < -0.4 is 10.3 Å². The summed E-state index contributed by atoms with van der Waals surface area (Å²) in [5.41, 5.74) is 5.77. The molecule has 0 unspecified atom stereocenters. The number of hydrazone groups is 1. The standard InChI is InChI=1S/C18H21N3O2/c1-4-23-18(22)17(14-8-6-5-7-9-14)20-19-15-10-12-16(13-11-15)21(2)3/h5-13,19H,4H2,1-3H3/b20-17-. The van der Waals surface area contributed by atoms with E-state index in [4.69, 9.17) is 4.74 Å². The third kappa shape index (κ3) is 4.57. The molecule has 0 aliphatic rings. The van der Waals surface area contributed by atoms with Crippen molar-refractivity contribution in [2.24, 2.45) is 5.10 Å². The molecule has 2 aromatic rings. The maximum atomic E-state index is 12.1. The molecule has 23 heavy (non-hydrogen) atoms. The molecule has 2 aromatic carbocycles. The topological polar surface area (TPSA) is 53.9 Å². The third-order valence-electron chi connectivity index (χ3n) is 3.20. The van der Waals surface area contributed by atoms with Crippen molar-refractivity contribution in [1.29, 1.82) is 0 Å². The number of esters is 1. The molecule has 5 heteroatoms. The van der Waals surface area contributed by atoms with Crippen LogP contribution in [0.4, 0.5) is 11.4 Å². The minimum absolute atomic E-state index is 0.254. The number of anilines is 2. The second kappa shape index (κ2) is 7.98. The number of nitrogens with zero attached hydrogens (tertiary/aromatic N) is 2. The smallest absolute Gasteiger partial charge is 0.359 e. The molecule has 0 fully saturated rings. The van der Waals surface area contributed by atoms with Gasteiger partial charge in [0.25, 0.3) is 0 Å². The first-order valence-electron chi connectivity index (χ1n) is 7.45. The Balaban J connectivity index is 2.21. The van der Waals surface area contributed by atoms with Gasteiger partial charge in [0.15, 0.2) is 5.71 Å². The number of ether oxygens (including phenoxy) is 1. The second-order valence-electron chi connectivity index (χ2n) is 5.10. The molecule has 0 heterocycles. The van der Waals surface area contributed by atoms with Crippen LogP contribution in [0.5, 0.6) is 0 Å². The Hall–Kier alpha value is -2.82. The summed E-state index contributed by atoms with van der Waals surface area (Å²) in [6.45, 7) is 2.08. The van der Waals surface area contributed by atoms with Crippen LogP contribution in [0.2, 0.25) is 0 Å². The summed E-state index contributed by atoms with van der Waals surface area (Å²) >= 11 is 0. The van der Waals surface area contributed by atoms with Gasteiger partial charge >= 0.3 is 5.97 Å². The molecule has 0 aliphatic carbocycles. The SMILES string of the molecule is CCOC(=O)/C(=N\Nc1ccc(N(C)C)cc1)c1ccccc1. The molecule has 2 rings (SSSR count). The van der Waals surface area contributed by atoms with E-state index in [9.17, 15) is 4.79 Å². The summed E-state index contributed by atoms with van der Waals surface area (Å²) in [4.78, 5) is 14.1. The molecule has 5 nitrogen and oxygen atoms in total.